The van der Waals surface area contributed by atoms with Gasteiger partial charge < -0.3 is 9.88 Å². The van der Waals surface area contributed by atoms with Crippen LogP contribution in [0.25, 0.3) is 11.0 Å². The van der Waals surface area contributed by atoms with Gasteiger partial charge in [0.2, 0.25) is 11.2 Å². The van der Waals surface area contributed by atoms with E-state index in [9.17, 15) is 4.79 Å². The Bertz CT molecular complexity index is 668. The summed E-state index contributed by atoms with van der Waals surface area (Å²) in [4.78, 5) is 20.0. The van der Waals surface area contributed by atoms with Gasteiger partial charge in [-0.3, -0.25) is 4.79 Å². The molecule has 2 heterocycles. The molecule has 0 aromatic carbocycles. The molecule has 0 unspecified atom stereocenters. The van der Waals surface area contributed by atoms with Crippen LogP contribution in [0.5, 0.6) is 0 Å². The van der Waals surface area contributed by atoms with Gasteiger partial charge in [0.25, 0.3) is 0 Å². The Morgan fingerprint density at radius 3 is 3.05 bits per heavy atom. The van der Waals surface area contributed by atoms with Crippen LogP contribution in [0.4, 0.5) is 0 Å². The first-order valence-corrected chi connectivity index (χ1v) is 8.27. The highest BCUT2D eigenvalue weighted by molar-refractivity contribution is 9.10. The Kier molecular flexibility index (Phi) is 4.45. The molecule has 0 saturated heterocycles. The van der Waals surface area contributed by atoms with Crippen molar-refractivity contribution >= 4 is 44.5 Å². The number of halogens is 2. The molecule has 0 bridgehead atoms. The fourth-order valence-electron chi connectivity index (χ4n) is 2.45. The minimum atomic E-state index is 0.199. The molecule has 7 heteroatoms. The third kappa shape index (κ3) is 3.21. The third-order valence-corrected chi connectivity index (χ3v) is 4.70. The quantitative estimate of drug-likeness (QED) is 0.649. The molecule has 1 fully saturated rings. The maximum absolute atomic E-state index is 11.7. The van der Waals surface area contributed by atoms with Crippen LogP contribution >= 0.6 is 27.5 Å². The number of amides is 1. The Morgan fingerprint density at radius 1 is 1.52 bits per heavy atom. The summed E-state index contributed by atoms with van der Waals surface area (Å²) >= 11 is 9.35. The van der Waals surface area contributed by atoms with Gasteiger partial charge in [-0.05, 0) is 46.8 Å². The number of carbonyl (C=O) groups excluding carboxylic acids is 1. The number of carbonyl (C=O) groups is 1. The van der Waals surface area contributed by atoms with Crippen molar-refractivity contribution in [1.29, 1.82) is 0 Å². The van der Waals surface area contributed by atoms with Crippen LogP contribution in [0.15, 0.2) is 16.9 Å². The molecule has 1 N–H and O–H groups in total. The molecule has 1 amide bonds. The molecule has 0 radical (unpaired) electrons. The van der Waals surface area contributed by atoms with Gasteiger partial charge in [0.1, 0.15) is 5.65 Å². The standard InChI is InChI=1S/C14H16BrClN4O/c15-11-8-20(12-10(11)7-18-14(16)19-12)6-2-5-17-13(21)9-3-1-4-9/h7-9H,1-6H2,(H,17,21). The second kappa shape index (κ2) is 6.32. The van der Waals surface area contributed by atoms with E-state index in [4.69, 9.17) is 11.6 Å². The number of aromatic nitrogens is 3. The lowest BCUT2D eigenvalue weighted by Gasteiger charge is -2.24. The average Bonchev–Trinajstić information content (AvgIpc) is 2.69. The van der Waals surface area contributed by atoms with Gasteiger partial charge in [-0.15, -0.1) is 0 Å². The maximum atomic E-state index is 11.7. The molecule has 2 aromatic heterocycles. The highest BCUT2D eigenvalue weighted by Crippen LogP contribution is 2.26. The molecule has 1 aliphatic carbocycles. The molecule has 2 aromatic rings. The second-order valence-corrected chi connectivity index (χ2v) is 6.51. The zero-order valence-electron chi connectivity index (χ0n) is 11.5. The Labute approximate surface area is 136 Å². The summed E-state index contributed by atoms with van der Waals surface area (Å²) in [7, 11) is 0. The number of rotatable bonds is 5. The zero-order chi connectivity index (χ0) is 14.8. The number of fused-ring (bicyclic) bond motifs is 1. The molecule has 21 heavy (non-hydrogen) atoms. The van der Waals surface area contributed by atoms with E-state index in [-0.39, 0.29) is 17.1 Å². The predicted octanol–water partition coefficient (Wildman–Crippen LogP) is 3.15. The average molecular weight is 372 g/mol. The first-order chi connectivity index (χ1) is 10.1. The molecular weight excluding hydrogens is 356 g/mol. The second-order valence-electron chi connectivity index (χ2n) is 5.32. The summed E-state index contributed by atoms with van der Waals surface area (Å²) in [6.07, 6.45) is 7.80. The van der Waals surface area contributed by atoms with E-state index >= 15 is 0 Å². The highest BCUT2D eigenvalue weighted by Gasteiger charge is 2.24. The van der Waals surface area contributed by atoms with Crippen molar-refractivity contribution in [1.82, 2.24) is 19.9 Å². The molecule has 3 rings (SSSR count). The number of aryl methyl sites for hydroxylation is 1. The van der Waals surface area contributed by atoms with Crippen molar-refractivity contribution in [2.45, 2.75) is 32.2 Å². The van der Waals surface area contributed by atoms with Gasteiger partial charge in [0.15, 0.2) is 0 Å². The smallest absolute Gasteiger partial charge is 0.224 e. The van der Waals surface area contributed by atoms with Gasteiger partial charge in [-0.2, -0.15) is 4.98 Å². The Balaban J connectivity index is 1.57. The highest BCUT2D eigenvalue weighted by atomic mass is 79.9. The van der Waals surface area contributed by atoms with Crippen LogP contribution in [0.1, 0.15) is 25.7 Å². The van der Waals surface area contributed by atoms with Crippen molar-refractivity contribution in [3.63, 3.8) is 0 Å². The number of hydrogen-bond acceptors (Lipinski definition) is 3. The summed E-state index contributed by atoms with van der Waals surface area (Å²) in [5.41, 5.74) is 0.812. The molecule has 112 valence electrons. The number of hydrogen-bond donors (Lipinski definition) is 1. The van der Waals surface area contributed by atoms with E-state index in [2.05, 4.69) is 31.2 Å². The summed E-state index contributed by atoms with van der Waals surface area (Å²) in [5.74, 6) is 0.447. The third-order valence-electron chi connectivity index (χ3n) is 3.89. The topological polar surface area (TPSA) is 59.8 Å². The van der Waals surface area contributed by atoms with Gasteiger partial charge >= 0.3 is 0 Å². The largest absolute Gasteiger partial charge is 0.356 e. The lowest BCUT2D eigenvalue weighted by molar-refractivity contribution is -0.127. The van der Waals surface area contributed by atoms with Gasteiger partial charge in [-0.25, -0.2) is 4.98 Å². The summed E-state index contributed by atoms with van der Waals surface area (Å²) in [6, 6.07) is 0. The molecule has 1 aliphatic rings. The normalized spacial score (nSPS) is 15.1. The van der Waals surface area contributed by atoms with E-state index in [0.29, 0.717) is 6.54 Å². The van der Waals surface area contributed by atoms with Crippen LogP contribution in [-0.2, 0) is 11.3 Å². The zero-order valence-corrected chi connectivity index (χ0v) is 13.8. The monoisotopic (exact) mass is 370 g/mol. The molecule has 0 atom stereocenters. The molecule has 5 nitrogen and oxygen atoms in total. The van der Waals surface area contributed by atoms with Gasteiger partial charge in [-0.1, -0.05) is 6.42 Å². The van der Waals surface area contributed by atoms with Crippen LogP contribution in [-0.4, -0.2) is 27.0 Å². The van der Waals surface area contributed by atoms with Crippen LogP contribution in [0.2, 0.25) is 5.28 Å². The van der Waals surface area contributed by atoms with Crippen molar-refractivity contribution in [2.75, 3.05) is 6.54 Å². The fourth-order valence-corrected chi connectivity index (χ4v) is 3.11. The lowest BCUT2D eigenvalue weighted by Crippen LogP contribution is -2.35. The van der Waals surface area contributed by atoms with E-state index < -0.39 is 0 Å². The van der Waals surface area contributed by atoms with Gasteiger partial charge in [0.05, 0.1) is 5.39 Å². The Morgan fingerprint density at radius 2 is 2.33 bits per heavy atom. The number of nitrogens with one attached hydrogen (secondary N) is 1. The SMILES string of the molecule is O=C(NCCCn1cc(Br)c2cnc(Cl)nc21)C1CCC1. The first-order valence-electron chi connectivity index (χ1n) is 7.10. The van der Waals surface area contributed by atoms with E-state index in [0.717, 1.165) is 41.3 Å². The molecule has 0 spiro atoms. The van der Waals surface area contributed by atoms with Crippen molar-refractivity contribution < 1.29 is 4.79 Å². The summed E-state index contributed by atoms with van der Waals surface area (Å²) < 4.78 is 2.98. The van der Waals surface area contributed by atoms with E-state index in [1.165, 1.54) is 6.42 Å². The van der Waals surface area contributed by atoms with Crippen molar-refractivity contribution in [3.05, 3.63) is 22.1 Å². The lowest BCUT2D eigenvalue weighted by atomic mass is 9.85. The van der Waals surface area contributed by atoms with E-state index in [1.54, 1.807) is 6.20 Å². The molecular formula is C14H16BrClN4O. The van der Waals surface area contributed by atoms with Crippen LogP contribution in [0, 0.1) is 5.92 Å². The van der Waals surface area contributed by atoms with Crippen molar-refractivity contribution in [3.8, 4) is 0 Å². The van der Waals surface area contributed by atoms with Crippen LogP contribution < -0.4 is 5.32 Å². The minimum absolute atomic E-state index is 0.199. The minimum Gasteiger partial charge on any atom is -0.356 e. The maximum Gasteiger partial charge on any atom is 0.224 e. The Hall–Kier alpha value is -1.14. The molecule has 0 aliphatic heterocycles. The first kappa shape index (κ1) is 14.8. The van der Waals surface area contributed by atoms with E-state index in [1.807, 2.05) is 10.8 Å². The summed E-state index contributed by atoms with van der Waals surface area (Å²) in [6.45, 7) is 1.46. The fraction of sp³-hybridized carbons (Fsp3) is 0.500. The number of nitrogens with zero attached hydrogens (tertiary/aromatic N) is 3. The van der Waals surface area contributed by atoms with Crippen molar-refractivity contribution in [2.24, 2.45) is 5.92 Å². The summed E-state index contributed by atoms with van der Waals surface area (Å²) in [5, 5.41) is 4.18. The molecule has 1 saturated carbocycles. The van der Waals surface area contributed by atoms with Crippen LogP contribution in [0.3, 0.4) is 0 Å². The van der Waals surface area contributed by atoms with Gasteiger partial charge in [0, 0.05) is 35.9 Å². The predicted molar refractivity (Wildman–Crippen MR) is 85.2 cm³/mol.